The summed E-state index contributed by atoms with van der Waals surface area (Å²) >= 11 is 0. The molecular weight excluding hydrogens is 247 g/mol. The number of nitrogens with zero attached hydrogens (tertiary/aromatic N) is 2. The molecule has 0 bridgehead atoms. The van der Waals surface area contributed by atoms with Gasteiger partial charge in [-0.15, -0.1) is 0 Å². The molecule has 2 heterocycles. The summed E-state index contributed by atoms with van der Waals surface area (Å²) in [4.78, 5) is 19.2. The van der Waals surface area contributed by atoms with Gasteiger partial charge in [-0.25, -0.2) is 4.39 Å². The smallest absolute Gasteiger partial charge is 0.266 e. The molecule has 1 saturated heterocycles. The van der Waals surface area contributed by atoms with Crippen molar-refractivity contribution in [2.45, 2.75) is 25.4 Å². The maximum Gasteiger partial charge on any atom is 0.266 e. The highest BCUT2D eigenvalue weighted by Gasteiger charge is 2.33. The number of amides is 1. The van der Waals surface area contributed by atoms with E-state index in [0.29, 0.717) is 12.1 Å². The van der Waals surface area contributed by atoms with Gasteiger partial charge < -0.3 is 9.74 Å². The summed E-state index contributed by atoms with van der Waals surface area (Å²) in [5.74, 6) is -0.272. The van der Waals surface area contributed by atoms with E-state index in [4.69, 9.17) is 4.84 Å². The molecule has 2 aliphatic rings. The van der Waals surface area contributed by atoms with Crippen molar-refractivity contribution in [2.24, 2.45) is 5.16 Å². The van der Waals surface area contributed by atoms with E-state index >= 15 is 0 Å². The zero-order valence-electron chi connectivity index (χ0n) is 10.5. The highest BCUT2D eigenvalue weighted by molar-refractivity contribution is 6.04. The third-order valence-electron chi connectivity index (χ3n) is 3.54. The molecule has 0 aliphatic carbocycles. The van der Waals surface area contributed by atoms with Gasteiger partial charge in [-0.2, -0.15) is 0 Å². The average Bonchev–Trinajstić information content (AvgIpc) is 3.10. The standard InChI is InChI=1S/C14H15FN2O2/c15-11-5-3-10(4-6-11)12-9-13(19-16-12)14(18)17-7-1-2-8-17/h3-6,13H,1-2,7-9H2/t13-/m1/s1. The molecule has 0 N–H and O–H groups in total. The SMILES string of the molecule is O=C([C@H]1CC(c2ccc(F)cc2)=NO1)N1CCCC1. The summed E-state index contributed by atoms with van der Waals surface area (Å²) in [6.45, 7) is 1.62. The maximum absolute atomic E-state index is 12.9. The number of hydrogen-bond acceptors (Lipinski definition) is 3. The quantitative estimate of drug-likeness (QED) is 0.817. The van der Waals surface area contributed by atoms with Gasteiger partial charge in [0, 0.05) is 19.5 Å². The number of rotatable bonds is 2. The summed E-state index contributed by atoms with van der Waals surface area (Å²) in [5, 5.41) is 3.96. The number of benzene rings is 1. The van der Waals surface area contributed by atoms with Gasteiger partial charge in [0.1, 0.15) is 5.82 Å². The van der Waals surface area contributed by atoms with Crippen LogP contribution >= 0.6 is 0 Å². The van der Waals surface area contributed by atoms with Crippen LogP contribution in [0.3, 0.4) is 0 Å². The van der Waals surface area contributed by atoms with E-state index in [-0.39, 0.29) is 11.7 Å². The molecule has 0 spiro atoms. The minimum Gasteiger partial charge on any atom is -0.382 e. The normalized spacial score (nSPS) is 22.3. The van der Waals surface area contributed by atoms with Gasteiger partial charge in [0.05, 0.1) is 5.71 Å². The van der Waals surface area contributed by atoms with E-state index in [9.17, 15) is 9.18 Å². The van der Waals surface area contributed by atoms with Gasteiger partial charge in [-0.1, -0.05) is 17.3 Å². The summed E-state index contributed by atoms with van der Waals surface area (Å²) < 4.78 is 12.9. The van der Waals surface area contributed by atoms with Crippen LogP contribution in [0.1, 0.15) is 24.8 Å². The van der Waals surface area contributed by atoms with Gasteiger partial charge >= 0.3 is 0 Å². The van der Waals surface area contributed by atoms with E-state index in [1.807, 2.05) is 4.90 Å². The molecule has 19 heavy (non-hydrogen) atoms. The number of carbonyl (C=O) groups excluding carboxylic acids is 1. The summed E-state index contributed by atoms with van der Waals surface area (Å²) in [6.07, 6.45) is 2.06. The van der Waals surface area contributed by atoms with Gasteiger partial charge in [0.25, 0.3) is 5.91 Å². The predicted molar refractivity (Wildman–Crippen MR) is 68.2 cm³/mol. The van der Waals surface area contributed by atoms with Crippen molar-refractivity contribution < 1.29 is 14.0 Å². The van der Waals surface area contributed by atoms with Gasteiger partial charge in [0.2, 0.25) is 6.10 Å². The van der Waals surface area contributed by atoms with Crippen molar-refractivity contribution >= 4 is 11.6 Å². The van der Waals surface area contributed by atoms with Crippen molar-refractivity contribution in [1.29, 1.82) is 0 Å². The van der Waals surface area contributed by atoms with Crippen LogP contribution in [0, 0.1) is 5.82 Å². The molecule has 3 rings (SSSR count). The van der Waals surface area contributed by atoms with Crippen molar-refractivity contribution in [3.05, 3.63) is 35.6 Å². The second-order valence-corrected chi connectivity index (χ2v) is 4.88. The number of carbonyl (C=O) groups is 1. The molecular formula is C14H15FN2O2. The molecule has 100 valence electrons. The topological polar surface area (TPSA) is 41.9 Å². The molecule has 1 fully saturated rings. The average molecular weight is 262 g/mol. The number of halogens is 1. The van der Waals surface area contributed by atoms with Crippen LogP contribution in [0.4, 0.5) is 4.39 Å². The van der Waals surface area contributed by atoms with Crippen molar-refractivity contribution in [3.63, 3.8) is 0 Å². The first kappa shape index (κ1) is 12.1. The molecule has 1 amide bonds. The Morgan fingerprint density at radius 2 is 1.95 bits per heavy atom. The van der Waals surface area contributed by atoms with Crippen LogP contribution < -0.4 is 0 Å². The Morgan fingerprint density at radius 1 is 1.26 bits per heavy atom. The summed E-state index contributed by atoms with van der Waals surface area (Å²) in [7, 11) is 0. The van der Waals surface area contributed by atoms with Crippen LogP contribution in [0.5, 0.6) is 0 Å². The van der Waals surface area contributed by atoms with Crippen LogP contribution in [-0.2, 0) is 9.63 Å². The largest absolute Gasteiger partial charge is 0.382 e. The van der Waals surface area contributed by atoms with Gasteiger partial charge in [-0.05, 0) is 30.5 Å². The predicted octanol–water partition coefficient (Wildman–Crippen LogP) is 1.94. The zero-order chi connectivity index (χ0) is 13.2. The highest BCUT2D eigenvalue weighted by atomic mass is 19.1. The van der Waals surface area contributed by atoms with E-state index in [1.165, 1.54) is 12.1 Å². The molecule has 0 radical (unpaired) electrons. The fourth-order valence-corrected chi connectivity index (χ4v) is 2.46. The van der Waals surface area contributed by atoms with Gasteiger partial charge in [-0.3, -0.25) is 4.79 Å². The van der Waals surface area contributed by atoms with E-state index in [1.54, 1.807) is 12.1 Å². The molecule has 0 unspecified atom stereocenters. The second-order valence-electron chi connectivity index (χ2n) is 4.88. The third kappa shape index (κ3) is 2.45. The van der Waals surface area contributed by atoms with Gasteiger partial charge in [0.15, 0.2) is 0 Å². The van der Waals surface area contributed by atoms with Crippen LogP contribution in [0.2, 0.25) is 0 Å². The Morgan fingerprint density at radius 3 is 2.63 bits per heavy atom. The lowest BCUT2D eigenvalue weighted by Gasteiger charge is -2.18. The number of hydrogen-bond donors (Lipinski definition) is 0. The fraction of sp³-hybridized carbons (Fsp3) is 0.429. The summed E-state index contributed by atoms with van der Waals surface area (Å²) in [5.41, 5.74) is 1.51. The Bertz CT molecular complexity index is 507. The van der Waals surface area contributed by atoms with Crippen LogP contribution in [0.15, 0.2) is 29.4 Å². The Kier molecular flexibility index (Phi) is 3.19. The maximum atomic E-state index is 12.9. The first-order valence-corrected chi connectivity index (χ1v) is 6.51. The van der Waals surface area contributed by atoms with Crippen LogP contribution in [0.25, 0.3) is 0 Å². The molecule has 4 nitrogen and oxygen atoms in total. The van der Waals surface area contributed by atoms with Crippen LogP contribution in [-0.4, -0.2) is 35.7 Å². The second kappa shape index (κ2) is 4.99. The fourth-order valence-electron chi connectivity index (χ4n) is 2.46. The lowest BCUT2D eigenvalue weighted by atomic mass is 10.0. The monoisotopic (exact) mass is 262 g/mol. The zero-order valence-corrected chi connectivity index (χ0v) is 10.5. The van der Waals surface area contributed by atoms with E-state index < -0.39 is 6.10 Å². The Balaban J connectivity index is 1.65. The van der Waals surface area contributed by atoms with E-state index in [0.717, 1.165) is 31.5 Å². The first-order chi connectivity index (χ1) is 9.24. The lowest BCUT2D eigenvalue weighted by molar-refractivity contribution is -0.140. The molecule has 1 aromatic carbocycles. The minimum atomic E-state index is -0.516. The number of likely N-dealkylation sites (tertiary alicyclic amines) is 1. The van der Waals surface area contributed by atoms with Crippen molar-refractivity contribution in [1.82, 2.24) is 4.90 Å². The molecule has 0 saturated carbocycles. The Hall–Kier alpha value is -1.91. The van der Waals surface area contributed by atoms with Crippen molar-refractivity contribution in [2.75, 3.05) is 13.1 Å². The highest BCUT2D eigenvalue weighted by Crippen LogP contribution is 2.20. The van der Waals surface area contributed by atoms with E-state index in [2.05, 4.69) is 5.16 Å². The molecule has 2 aliphatic heterocycles. The lowest BCUT2D eigenvalue weighted by Crippen LogP contribution is -2.37. The minimum absolute atomic E-state index is 0.0124. The molecule has 1 atom stereocenters. The third-order valence-corrected chi connectivity index (χ3v) is 3.54. The molecule has 1 aromatic rings. The number of oxime groups is 1. The molecule has 5 heteroatoms. The first-order valence-electron chi connectivity index (χ1n) is 6.51. The summed E-state index contributed by atoms with van der Waals surface area (Å²) in [6, 6.07) is 6.07. The Labute approximate surface area is 110 Å². The van der Waals surface area contributed by atoms with Crippen molar-refractivity contribution in [3.8, 4) is 0 Å². The molecule has 0 aromatic heterocycles.